The zero-order valence-corrected chi connectivity index (χ0v) is 12.0. The van der Waals surface area contributed by atoms with Crippen molar-refractivity contribution >= 4 is 10.9 Å². The molecule has 3 rings (SSSR count). The highest BCUT2D eigenvalue weighted by molar-refractivity contribution is 5.86. The fourth-order valence-electron chi connectivity index (χ4n) is 2.36. The lowest BCUT2D eigenvalue weighted by Crippen LogP contribution is -1.94. The highest BCUT2D eigenvalue weighted by Gasteiger charge is 2.04. The van der Waals surface area contributed by atoms with Gasteiger partial charge in [-0.05, 0) is 37.3 Å². The van der Waals surface area contributed by atoms with E-state index in [1.807, 2.05) is 49.4 Å². The maximum Gasteiger partial charge on any atom is 0.128 e. The van der Waals surface area contributed by atoms with E-state index >= 15 is 0 Å². The van der Waals surface area contributed by atoms with Crippen LogP contribution in [0.1, 0.15) is 12.5 Å². The molecule has 104 valence electrons. The summed E-state index contributed by atoms with van der Waals surface area (Å²) in [5, 5.41) is 1.14. The van der Waals surface area contributed by atoms with E-state index in [0.717, 1.165) is 22.2 Å². The Bertz CT molecular complexity index is 791. The second-order valence-electron chi connectivity index (χ2n) is 4.73. The van der Waals surface area contributed by atoms with Gasteiger partial charge in [0.2, 0.25) is 0 Å². The molecule has 0 saturated carbocycles. The molecular formula is C19H17NO. The normalized spacial score (nSPS) is 10.1. The molecule has 0 radical (unpaired) electrons. The quantitative estimate of drug-likeness (QED) is 0.657. The monoisotopic (exact) mass is 275 g/mol. The van der Waals surface area contributed by atoms with Crippen LogP contribution in [0.2, 0.25) is 0 Å². The van der Waals surface area contributed by atoms with Crippen LogP contribution in [0.3, 0.4) is 0 Å². The number of ether oxygens (including phenoxy) is 1. The van der Waals surface area contributed by atoms with E-state index in [2.05, 4.69) is 34.7 Å². The highest BCUT2D eigenvalue weighted by atomic mass is 16.5. The molecule has 0 atom stereocenters. The zero-order valence-electron chi connectivity index (χ0n) is 12.0. The first kappa shape index (κ1) is 13.3. The summed E-state index contributed by atoms with van der Waals surface area (Å²) in [7, 11) is 0. The van der Waals surface area contributed by atoms with Crippen LogP contribution in [-0.4, -0.2) is 11.2 Å². The number of hydrogen-bond donors (Lipinski definition) is 0. The highest BCUT2D eigenvalue weighted by Crippen LogP contribution is 2.26. The second kappa shape index (κ2) is 6.19. The van der Waals surface area contributed by atoms with Gasteiger partial charge in [0.15, 0.2) is 0 Å². The smallest absolute Gasteiger partial charge is 0.128 e. The molecule has 0 saturated heterocycles. The topological polar surface area (TPSA) is 14.2 Å². The fourth-order valence-corrected chi connectivity index (χ4v) is 2.36. The van der Waals surface area contributed by atoms with Gasteiger partial charge in [-0.25, -0.2) is 0 Å². The van der Waals surface area contributed by atoms with Gasteiger partial charge in [-0.1, -0.05) is 36.1 Å². The van der Waals surface area contributed by atoms with Crippen LogP contribution < -0.4 is 4.74 Å². The van der Waals surface area contributed by atoms with Crippen LogP contribution >= 0.6 is 0 Å². The molecule has 1 aromatic heterocycles. The van der Waals surface area contributed by atoms with Crippen molar-refractivity contribution in [2.75, 3.05) is 6.61 Å². The van der Waals surface area contributed by atoms with Crippen LogP contribution in [0.5, 0.6) is 5.75 Å². The molecule has 0 amide bonds. The molecule has 21 heavy (non-hydrogen) atoms. The zero-order chi connectivity index (χ0) is 14.5. The number of benzene rings is 2. The van der Waals surface area contributed by atoms with Crippen molar-refractivity contribution in [1.82, 2.24) is 4.57 Å². The van der Waals surface area contributed by atoms with Crippen molar-refractivity contribution in [3.63, 3.8) is 0 Å². The maximum atomic E-state index is 5.66. The Kier molecular flexibility index (Phi) is 3.93. The Morgan fingerprint density at radius 3 is 2.67 bits per heavy atom. The minimum Gasteiger partial charge on any atom is -0.493 e. The average molecular weight is 275 g/mol. The summed E-state index contributed by atoms with van der Waals surface area (Å²) in [6.07, 6.45) is 2.06. The third-order valence-electron chi connectivity index (χ3n) is 3.33. The van der Waals surface area contributed by atoms with E-state index < -0.39 is 0 Å². The largest absolute Gasteiger partial charge is 0.493 e. The Labute approximate surface area is 125 Å². The summed E-state index contributed by atoms with van der Waals surface area (Å²) < 4.78 is 7.80. The summed E-state index contributed by atoms with van der Waals surface area (Å²) in [5.74, 6) is 7.34. The standard InChI is InChI=1S/C19H17NO/c1-2-21-19-12-6-11-18-17(19)13-15-20(18)14-7-10-16-8-4-3-5-9-16/h3-6,8-9,11-13,15H,2,14H2,1H3. The maximum absolute atomic E-state index is 5.66. The van der Waals surface area contributed by atoms with E-state index in [1.54, 1.807) is 0 Å². The summed E-state index contributed by atoms with van der Waals surface area (Å²) in [6.45, 7) is 3.35. The lowest BCUT2D eigenvalue weighted by molar-refractivity contribution is 0.344. The van der Waals surface area contributed by atoms with Gasteiger partial charge in [-0.3, -0.25) is 0 Å². The molecule has 0 bridgehead atoms. The Balaban J connectivity index is 1.85. The molecule has 0 unspecified atom stereocenters. The predicted molar refractivity (Wildman–Crippen MR) is 86.4 cm³/mol. The molecule has 2 aromatic carbocycles. The molecule has 1 heterocycles. The van der Waals surface area contributed by atoms with Crippen molar-refractivity contribution in [3.05, 3.63) is 66.4 Å². The van der Waals surface area contributed by atoms with Crippen LogP contribution in [-0.2, 0) is 6.54 Å². The van der Waals surface area contributed by atoms with Crippen LogP contribution in [0.15, 0.2) is 60.8 Å². The first-order valence-electron chi connectivity index (χ1n) is 7.13. The fraction of sp³-hybridized carbons (Fsp3) is 0.158. The van der Waals surface area contributed by atoms with Gasteiger partial charge in [0.1, 0.15) is 5.75 Å². The summed E-state index contributed by atoms with van der Waals surface area (Å²) in [4.78, 5) is 0. The van der Waals surface area contributed by atoms with Crippen molar-refractivity contribution in [1.29, 1.82) is 0 Å². The molecule has 0 fully saturated rings. The molecule has 0 aliphatic heterocycles. The predicted octanol–water partition coefficient (Wildman–Crippen LogP) is 4.09. The van der Waals surface area contributed by atoms with Gasteiger partial charge in [0.05, 0.1) is 18.7 Å². The second-order valence-corrected chi connectivity index (χ2v) is 4.73. The summed E-state index contributed by atoms with van der Waals surface area (Å²) in [6, 6.07) is 18.3. The van der Waals surface area contributed by atoms with E-state index in [1.165, 1.54) is 0 Å². The molecule has 0 aliphatic carbocycles. The van der Waals surface area contributed by atoms with Crippen molar-refractivity contribution in [2.45, 2.75) is 13.5 Å². The summed E-state index contributed by atoms with van der Waals surface area (Å²) >= 11 is 0. The third kappa shape index (κ3) is 2.93. The molecule has 0 aliphatic rings. The van der Waals surface area contributed by atoms with E-state index in [0.29, 0.717) is 13.2 Å². The van der Waals surface area contributed by atoms with Gasteiger partial charge in [-0.15, -0.1) is 0 Å². The van der Waals surface area contributed by atoms with Gasteiger partial charge in [-0.2, -0.15) is 0 Å². The summed E-state index contributed by atoms with van der Waals surface area (Å²) in [5.41, 5.74) is 2.20. The van der Waals surface area contributed by atoms with Crippen molar-refractivity contribution in [2.24, 2.45) is 0 Å². The molecule has 2 nitrogen and oxygen atoms in total. The van der Waals surface area contributed by atoms with Crippen molar-refractivity contribution < 1.29 is 4.74 Å². The lowest BCUT2D eigenvalue weighted by atomic mass is 10.2. The SMILES string of the molecule is CCOc1cccc2c1ccn2CC#Cc1ccccc1. The Hall–Kier alpha value is -2.66. The van der Waals surface area contributed by atoms with Gasteiger partial charge < -0.3 is 9.30 Å². The number of fused-ring (bicyclic) bond motifs is 1. The van der Waals surface area contributed by atoms with Gasteiger partial charge >= 0.3 is 0 Å². The van der Waals surface area contributed by atoms with E-state index in [4.69, 9.17) is 4.74 Å². The molecule has 3 aromatic rings. The molecule has 2 heteroatoms. The Morgan fingerprint density at radius 1 is 1.00 bits per heavy atom. The van der Waals surface area contributed by atoms with Crippen LogP contribution in [0, 0.1) is 11.8 Å². The Morgan fingerprint density at radius 2 is 1.86 bits per heavy atom. The van der Waals surface area contributed by atoms with E-state index in [9.17, 15) is 0 Å². The van der Waals surface area contributed by atoms with Crippen LogP contribution in [0.25, 0.3) is 10.9 Å². The number of aromatic nitrogens is 1. The molecule has 0 spiro atoms. The first-order chi connectivity index (χ1) is 10.4. The first-order valence-corrected chi connectivity index (χ1v) is 7.13. The van der Waals surface area contributed by atoms with Crippen molar-refractivity contribution in [3.8, 4) is 17.6 Å². The van der Waals surface area contributed by atoms with Crippen LogP contribution in [0.4, 0.5) is 0 Å². The van der Waals surface area contributed by atoms with E-state index in [-0.39, 0.29) is 0 Å². The number of hydrogen-bond acceptors (Lipinski definition) is 1. The number of nitrogens with zero attached hydrogens (tertiary/aromatic N) is 1. The molecular weight excluding hydrogens is 258 g/mol. The molecule has 0 N–H and O–H groups in total. The minimum atomic E-state index is 0.675. The van der Waals surface area contributed by atoms with Gasteiger partial charge in [0.25, 0.3) is 0 Å². The lowest BCUT2D eigenvalue weighted by Gasteiger charge is -2.05. The average Bonchev–Trinajstić information content (AvgIpc) is 2.93. The number of rotatable bonds is 3. The van der Waals surface area contributed by atoms with Gasteiger partial charge in [0, 0.05) is 17.1 Å². The third-order valence-corrected chi connectivity index (χ3v) is 3.33. The minimum absolute atomic E-state index is 0.675.